The van der Waals surface area contributed by atoms with Crippen LogP contribution in [0.1, 0.15) is 16.8 Å². The van der Waals surface area contributed by atoms with Gasteiger partial charge in [-0.05, 0) is 30.4 Å². The van der Waals surface area contributed by atoms with E-state index >= 15 is 0 Å². The third kappa shape index (κ3) is 4.00. The first-order chi connectivity index (χ1) is 14.8. The first-order valence-corrected chi connectivity index (χ1v) is 11.6. The highest BCUT2D eigenvalue weighted by atomic mass is 79.9. The van der Waals surface area contributed by atoms with Gasteiger partial charge in [-0.15, -0.1) is 0 Å². The van der Waals surface area contributed by atoms with Gasteiger partial charge in [0, 0.05) is 15.2 Å². The number of alkyl halides is 2. The number of benzene rings is 1. The molecule has 3 aliphatic rings. The maximum absolute atomic E-state index is 12.8. The minimum atomic E-state index is -0.871. The molecular formula is C20H19Br2N3O6. The molecule has 1 aromatic carbocycles. The van der Waals surface area contributed by atoms with E-state index in [9.17, 15) is 24.0 Å². The van der Waals surface area contributed by atoms with Crippen LogP contribution in [0.2, 0.25) is 0 Å². The molecule has 164 valence electrons. The number of fused-ring (bicyclic) bond motifs is 5. The van der Waals surface area contributed by atoms with Crippen molar-refractivity contribution in [3.05, 3.63) is 35.9 Å². The first-order valence-electron chi connectivity index (χ1n) is 9.72. The molecule has 0 aromatic heterocycles. The third-order valence-electron chi connectivity index (χ3n) is 6.08. The molecule has 1 saturated heterocycles. The maximum atomic E-state index is 12.8. The van der Waals surface area contributed by atoms with Crippen LogP contribution in [0, 0.1) is 23.7 Å². The molecule has 1 aromatic rings. The van der Waals surface area contributed by atoms with E-state index in [0.29, 0.717) is 5.56 Å². The lowest BCUT2D eigenvalue weighted by molar-refractivity contribution is -0.155. The van der Waals surface area contributed by atoms with Crippen molar-refractivity contribution in [1.29, 1.82) is 0 Å². The molecule has 4 amide bonds. The first kappa shape index (κ1) is 21.9. The van der Waals surface area contributed by atoms with Crippen molar-refractivity contribution >= 4 is 61.5 Å². The number of amides is 4. The lowest BCUT2D eigenvalue weighted by Gasteiger charge is -2.28. The molecule has 2 aliphatic carbocycles. The fourth-order valence-corrected chi connectivity index (χ4v) is 6.58. The second kappa shape index (κ2) is 8.70. The number of hydrazine groups is 1. The predicted molar refractivity (Wildman–Crippen MR) is 114 cm³/mol. The number of halogens is 2. The molecule has 9 nitrogen and oxygen atoms in total. The standard InChI is InChI=1S/C20H19Br2N3O6/c21-16-10-6-11(17(16)22)15-14(10)19(29)25(20(15)30)7-13(27)31-8-12(26)23-24-18(28)9-4-2-1-3-5-9/h1-5,10-11,14-17H,6-8H2,(H,23,26)(H,24,28)/t10-,11-,14-,15+,16-,17+/m1/s1. The normalized spacial score (nSPS) is 30.8. The number of rotatable bonds is 5. The van der Waals surface area contributed by atoms with E-state index in [1.807, 2.05) is 0 Å². The summed E-state index contributed by atoms with van der Waals surface area (Å²) < 4.78 is 4.87. The zero-order chi connectivity index (χ0) is 22.3. The van der Waals surface area contributed by atoms with Crippen molar-refractivity contribution in [3.63, 3.8) is 0 Å². The second-order valence-electron chi connectivity index (χ2n) is 7.80. The molecule has 11 heteroatoms. The summed E-state index contributed by atoms with van der Waals surface area (Å²) in [5.41, 5.74) is 4.69. The molecular weight excluding hydrogens is 538 g/mol. The Labute approximate surface area is 194 Å². The summed E-state index contributed by atoms with van der Waals surface area (Å²) in [4.78, 5) is 62.5. The number of imide groups is 1. The van der Waals surface area contributed by atoms with Crippen LogP contribution in [0.3, 0.4) is 0 Å². The summed E-state index contributed by atoms with van der Waals surface area (Å²) >= 11 is 7.20. The van der Waals surface area contributed by atoms with Crippen LogP contribution in [-0.2, 0) is 23.9 Å². The molecule has 2 N–H and O–H groups in total. The summed E-state index contributed by atoms with van der Waals surface area (Å²) in [7, 11) is 0. The van der Waals surface area contributed by atoms with E-state index in [0.717, 1.165) is 11.3 Å². The Hall–Kier alpha value is -2.27. The Bertz CT molecular complexity index is 910. The number of nitrogens with one attached hydrogen (secondary N) is 2. The number of carbonyl (C=O) groups is 5. The lowest BCUT2D eigenvalue weighted by Crippen LogP contribution is -2.44. The molecule has 4 rings (SSSR count). The third-order valence-corrected chi connectivity index (χ3v) is 9.29. The second-order valence-corrected chi connectivity index (χ2v) is 9.91. The van der Waals surface area contributed by atoms with E-state index in [2.05, 4.69) is 42.7 Å². The SMILES string of the molecule is O=C(COC(=O)CN1C(=O)[C@@H]2[C@H]3C[C@@H]([C@H](Br)[C@@H]3Br)[C@@H]2C1=O)NNC(=O)c1ccccc1. The topological polar surface area (TPSA) is 122 Å². The van der Waals surface area contributed by atoms with Gasteiger partial charge in [0.05, 0.1) is 11.8 Å². The van der Waals surface area contributed by atoms with Gasteiger partial charge < -0.3 is 4.74 Å². The summed E-state index contributed by atoms with van der Waals surface area (Å²) in [5, 5.41) is 0. The zero-order valence-electron chi connectivity index (χ0n) is 16.1. The lowest BCUT2D eigenvalue weighted by atomic mass is 9.81. The van der Waals surface area contributed by atoms with Crippen LogP contribution in [-0.4, -0.2) is 57.3 Å². The minimum absolute atomic E-state index is 0.0517. The van der Waals surface area contributed by atoms with Crippen LogP contribution in [0.4, 0.5) is 0 Å². The van der Waals surface area contributed by atoms with Gasteiger partial charge in [0.2, 0.25) is 11.8 Å². The largest absolute Gasteiger partial charge is 0.454 e. The number of hydrogen-bond acceptors (Lipinski definition) is 6. The average Bonchev–Trinajstić information content (AvgIpc) is 3.37. The minimum Gasteiger partial charge on any atom is -0.454 e. The van der Waals surface area contributed by atoms with Gasteiger partial charge in [-0.2, -0.15) is 0 Å². The smallest absolute Gasteiger partial charge is 0.326 e. The Morgan fingerprint density at radius 1 is 0.968 bits per heavy atom. The molecule has 31 heavy (non-hydrogen) atoms. The molecule has 0 unspecified atom stereocenters. The Morgan fingerprint density at radius 2 is 1.55 bits per heavy atom. The highest BCUT2D eigenvalue weighted by Gasteiger charge is 2.66. The van der Waals surface area contributed by atoms with Crippen molar-refractivity contribution in [2.45, 2.75) is 16.1 Å². The fourth-order valence-electron chi connectivity index (χ4n) is 4.71. The van der Waals surface area contributed by atoms with Crippen LogP contribution in [0.5, 0.6) is 0 Å². The van der Waals surface area contributed by atoms with Crippen LogP contribution >= 0.6 is 31.9 Å². The highest BCUT2D eigenvalue weighted by Crippen LogP contribution is 2.60. The van der Waals surface area contributed by atoms with Crippen molar-refractivity contribution in [1.82, 2.24) is 15.8 Å². The van der Waals surface area contributed by atoms with Gasteiger partial charge in [-0.3, -0.25) is 39.7 Å². The Morgan fingerprint density at radius 3 is 2.13 bits per heavy atom. The highest BCUT2D eigenvalue weighted by molar-refractivity contribution is 9.12. The van der Waals surface area contributed by atoms with Gasteiger partial charge in [0.1, 0.15) is 6.54 Å². The predicted octanol–water partition coefficient (Wildman–Crippen LogP) is 0.769. The van der Waals surface area contributed by atoms with Gasteiger partial charge in [-0.1, -0.05) is 50.1 Å². The molecule has 1 heterocycles. The number of carbonyl (C=O) groups excluding carboxylic acids is 5. The van der Waals surface area contributed by atoms with E-state index in [1.165, 1.54) is 0 Å². The van der Waals surface area contributed by atoms with Crippen molar-refractivity contribution in [2.24, 2.45) is 23.7 Å². The summed E-state index contributed by atoms with van der Waals surface area (Å²) in [5.74, 6) is -3.59. The van der Waals surface area contributed by atoms with Gasteiger partial charge in [0.15, 0.2) is 6.61 Å². The summed E-state index contributed by atoms with van der Waals surface area (Å²) in [6.07, 6.45) is 0.797. The van der Waals surface area contributed by atoms with E-state index in [4.69, 9.17) is 4.74 Å². The molecule has 3 fully saturated rings. The summed E-state index contributed by atoms with van der Waals surface area (Å²) in [6, 6.07) is 8.24. The van der Waals surface area contributed by atoms with Gasteiger partial charge in [0.25, 0.3) is 11.8 Å². The molecule has 0 radical (unpaired) electrons. The van der Waals surface area contributed by atoms with E-state index < -0.39 is 42.8 Å². The van der Waals surface area contributed by atoms with E-state index in [-0.39, 0.29) is 33.3 Å². The zero-order valence-corrected chi connectivity index (χ0v) is 19.3. The molecule has 1 aliphatic heterocycles. The number of esters is 1. The Kier molecular flexibility index (Phi) is 6.16. The molecule has 2 bridgehead atoms. The molecule has 6 atom stereocenters. The summed E-state index contributed by atoms with van der Waals surface area (Å²) in [6.45, 7) is -1.19. The average molecular weight is 557 g/mol. The number of nitrogens with zero attached hydrogens (tertiary/aromatic N) is 1. The monoisotopic (exact) mass is 555 g/mol. The van der Waals surface area contributed by atoms with Crippen molar-refractivity contribution in [3.8, 4) is 0 Å². The van der Waals surface area contributed by atoms with Gasteiger partial charge in [-0.25, -0.2) is 0 Å². The Balaban J connectivity index is 1.25. The number of hydrogen-bond donors (Lipinski definition) is 2. The molecule has 0 spiro atoms. The van der Waals surface area contributed by atoms with Gasteiger partial charge >= 0.3 is 5.97 Å². The van der Waals surface area contributed by atoms with Crippen molar-refractivity contribution < 1.29 is 28.7 Å². The quantitative estimate of drug-likeness (QED) is 0.239. The number of likely N-dealkylation sites (tertiary alicyclic amines) is 1. The number of ether oxygens (including phenoxy) is 1. The van der Waals surface area contributed by atoms with Crippen LogP contribution < -0.4 is 10.9 Å². The van der Waals surface area contributed by atoms with Crippen molar-refractivity contribution in [2.75, 3.05) is 13.2 Å². The van der Waals surface area contributed by atoms with Crippen LogP contribution in [0.25, 0.3) is 0 Å². The van der Waals surface area contributed by atoms with E-state index in [1.54, 1.807) is 30.3 Å². The molecule has 2 saturated carbocycles. The fraction of sp³-hybridized carbons (Fsp3) is 0.450. The maximum Gasteiger partial charge on any atom is 0.326 e. The van der Waals surface area contributed by atoms with Crippen LogP contribution in [0.15, 0.2) is 30.3 Å².